The van der Waals surface area contributed by atoms with E-state index in [4.69, 9.17) is 4.74 Å². The van der Waals surface area contributed by atoms with Crippen molar-refractivity contribution in [3.05, 3.63) is 59.2 Å². The molecular formula is C20H18F3NO3S. The van der Waals surface area contributed by atoms with Gasteiger partial charge < -0.3 is 9.47 Å². The van der Waals surface area contributed by atoms with Gasteiger partial charge in [-0.15, -0.1) is 24.9 Å². The van der Waals surface area contributed by atoms with Gasteiger partial charge in [-0.2, -0.15) is 0 Å². The zero-order chi connectivity index (χ0) is 20.5. The lowest BCUT2D eigenvalue weighted by Crippen LogP contribution is -2.17. The van der Waals surface area contributed by atoms with Crippen molar-refractivity contribution in [2.75, 3.05) is 12.9 Å². The number of rotatable bonds is 5. The molecule has 3 rings (SSSR count). The Kier molecular flexibility index (Phi) is 5.43. The Morgan fingerprint density at radius 2 is 1.89 bits per heavy atom. The van der Waals surface area contributed by atoms with E-state index in [0.29, 0.717) is 28.5 Å². The standard InChI is InChI=1S/C20H18F3NO3S/c1-19(2)11-26-18(24-19)14-7-5-4-6-13(14)17(25)15-9-8-12(10-16(15)28-3)27-20(21,22)23/h4-10H,11H2,1-3H3. The molecule has 0 spiro atoms. The second-order valence-corrected chi connectivity index (χ2v) is 7.65. The van der Waals surface area contributed by atoms with E-state index < -0.39 is 6.36 Å². The van der Waals surface area contributed by atoms with Gasteiger partial charge in [-0.1, -0.05) is 18.2 Å². The van der Waals surface area contributed by atoms with Gasteiger partial charge in [0.15, 0.2) is 5.78 Å². The molecule has 0 atom stereocenters. The number of carbonyl (C=O) groups excluding carboxylic acids is 1. The predicted octanol–water partition coefficient (Wildman–Crippen LogP) is 5.09. The second kappa shape index (κ2) is 7.50. The van der Waals surface area contributed by atoms with E-state index in [0.717, 1.165) is 6.07 Å². The quantitative estimate of drug-likeness (QED) is 0.510. The van der Waals surface area contributed by atoms with Crippen LogP contribution < -0.4 is 4.74 Å². The van der Waals surface area contributed by atoms with Gasteiger partial charge in [0.1, 0.15) is 12.4 Å². The summed E-state index contributed by atoms with van der Waals surface area (Å²) >= 11 is 1.17. The summed E-state index contributed by atoms with van der Waals surface area (Å²) in [6, 6.07) is 10.6. The monoisotopic (exact) mass is 409 g/mol. The van der Waals surface area contributed by atoms with Gasteiger partial charge in [0.05, 0.1) is 5.54 Å². The number of carbonyl (C=O) groups is 1. The second-order valence-electron chi connectivity index (χ2n) is 6.80. The van der Waals surface area contributed by atoms with E-state index in [-0.39, 0.29) is 22.6 Å². The Hall–Kier alpha value is -2.48. The lowest BCUT2D eigenvalue weighted by Gasteiger charge is -2.13. The topological polar surface area (TPSA) is 47.9 Å². The molecule has 4 nitrogen and oxygen atoms in total. The van der Waals surface area contributed by atoms with Crippen LogP contribution in [0.5, 0.6) is 5.75 Å². The summed E-state index contributed by atoms with van der Waals surface area (Å²) in [6.07, 6.45) is -3.11. The number of hydrogen-bond acceptors (Lipinski definition) is 5. The molecule has 148 valence electrons. The Balaban J connectivity index is 2.00. The Morgan fingerprint density at radius 1 is 1.18 bits per heavy atom. The minimum Gasteiger partial charge on any atom is -0.475 e. The Labute approximate surface area is 164 Å². The largest absolute Gasteiger partial charge is 0.573 e. The molecule has 2 aromatic rings. The van der Waals surface area contributed by atoms with E-state index in [9.17, 15) is 18.0 Å². The molecule has 2 aromatic carbocycles. The average Bonchev–Trinajstić information content (AvgIpc) is 2.99. The van der Waals surface area contributed by atoms with Gasteiger partial charge in [0.2, 0.25) is 5.90 Å². The maximum Gasteiger partial charge on any atom is 0.573 e. The summed E-state index contributed by atoms with van der Waals surface area (Å²) in [4.78, 5) is 18.1. The van der Waals surface area contributed by atoms with Gasteiger partial charge in [0.25, 0.3) is 0 Å². The number of alkyl halides is 3. The molecule has 0 aromatic heterocycles. The Morgan fingerprint density at radius 3 is 2.50 bits per heavy atom. The van der Waals surface area contributed by atoms with Crippen LogP contribution >= 0.6 is 11.8 Å². The van der Waals surface area contributed by atoms with Gasteiger partial charge in [0, 0.05) is 21.6 Å². The third-order valence-electron chi connectivity index (χ3n) is 4.02. The third kappa shape index (κ3) is 4.49. The van der Waals surface area contributed by atoms with E-state index in [2.05, 4.69) is 9.73 Å². The molecule has 8 heteroatoms. The van der Waals surface area contributed by atoms with Gasteiger partial charge >= 0.3 is 6.36 Å². The highest BCUT2D eigenvalue weighted by Gasteiger charge is 2.32. The number of thioether (sulfide) groups is 1. The summed E-state index contributed by atoms with van der Waals surface area (Å²) in [6.45, 7) is 4.26. The van der Waals surface area contributed by atoms with E-state index in [1.54, 1.807) is 30.5 Å². The molecule has 0 bridgehead atoms. The highest BCUT2D eigenvalue weighted by Crippen LogP contribution is 2.32. The Bertz CT molecular complexity index is 939. The average molecular weight is 409 g/mol. The maximum atomic E-state index is 13.2. The molecular weight excluding hydrogens is 391 g/mol. The van der Waals surface area contributed by atoms with Crippen LogP contribution in [0.2, 0.25) is 0 Å². The fraction of sp³-hybridized carbons (Fsp3) is 0.300. The molecule has 0 unspecified atom stereocenters. The third-order valence-corrected chi connectivity index (χ3v) is 4.80. The first-order valence-corrected chi connectivity index (χ1v) is 9.63. The van der Waals surface area contributed by atoms with Gasteiger partial charge in [-0.25, -0.2) is 4.99 Å². The molecule has 0 fully saturated rings. The zero-order valence-electron chi connectivity index (χ0n) is 15.5. The van der Waals surface area contributed by atoms with Crippen molar-refractivity contribution in [3.63, 3.8) is 0 Å². The van der Waals surface area contributed by atoms with Crippen LogP contribution in [-0.2, 0) is 4.74 Å². The minimum absolute atomic E-state index is 0.285. The van der Waals surface area contributed by atoms with Crippen LogP contribution in [0, 0.1) is 0 Å². The van der Waals surface area contributed by atoms with Gasteiger partial charge in [-0.05, 0) is 44.4 Å². The van der Waals surface area contributed by atoms with Gasteiger partial charge in [-0.3, -0.25) is 4.79 Å². The summed E-state index contributed by atoms with van der Waals surface area (Å²) in [5, 5.41) is 0. The molecule has 0 saturated heterocycles. The van der Waals surface area contributed by atoms with Crippen LogP contribution in [0.25, 0.3) is 0 Å². The first-order chi connectivity index (χ1) is 13.1. The highest BCUT2D eigenvalue weighted by molar-refractivity contribution is 7.98. The number of ketones is 1. The number of hydrogen-bond donors (Lipinski definition) is 0. The fourth-order valence-electron chi connectivity index (χ4n) is 2.79. The van der Waals surface area contributed by atoms with Crippen molar-refractivity contribution in [2.45, 2.75) is 30.6 Å². The van der Waals surface area contributed by atoms with Crippen molar-refractivity contribution >= 4 is 23.4 Å². The molecule has 0 radical (unpaired) electrons. The number of benzene rings is 2. The van der Waals surface area contributed by atoms with Crippen molar-refractivity contribution in [3.8, 4) is 5.75 Å². The number of halogens is 3. The zero-order valence-corrected chi connectivity index (χ0v) is 16.3. The number of ether oxygens (including phenoxy) is 2. The molecule has 1 heterocycles. The normalized spacial score (nSPS) is 15.7. The molecule has 0 saturated carbocycles. The molecule has 1 aliphatic heterocycles. The number of nitrogens with zero attached hydrogens (tertiary/aromatic N) is 1. The maximum absolute atomic E-state index is 13.2. The molecule has 0 N–H and O–H groups in total. The highest BCUT2D eigenvalue weighted by atomic mass is 32.2. The van der Waals surface area contributed by atoms with Crippen molar-refractivity contribution in [1.29, 1.82) is 0 Å². The first-order valence-electron chi connectivity index (χ1n) is 8.40. The van der Waals surface area contributed by atoms with Crippen LogP contribution in [0.4, 0.5) is 13.2 Å². The summed E-state index contributed by atoms with van der Waals surface area (Å²) < 4.78 is 47.0. The van der Waals surface area contributed by atoms with E-state index in [1.165, 1.54) is 23.9 Å². The lowest BCUT2D eigenvalue weighted by atomic mass is 9.98. The lowest BCUT2D eigenvalue weighted by molar-refractivity contribution is -0.274. The predicted molar refractivity (Wildman–Crippen MR) is 101 cm³/mol. The van der Waals surface area contributed by atoms with Crippen LogP contribution in [-0.4, -0.2) is 36.4 Å². The number of aliphatic imine (C=N–C) groups is 1. The van der Waals surface area contributed by atoms with Crippen molar-refractivity contribution in [1.82, 2.24) is 0 Å². The molecule has 0 amide bonds. The summed E-state index contributed by atoms with van der Waals surface area (Å²) in [5.74, 6) is -0.307. The molecule has 28 heavy (non-hydrogen) atoms. The summed E-state index contributed by atoms with van der Waals surface area (Å²) in [5.41, 5.74) is 0.832. The molecule has 0 aliphatic carbocycles. The van der Waals surface area contributed by atoms with Crippen LogP contribution in [0.15, 0.2) is 52.4 Å². The van der Waals surface area contributed by atoms with Crippen molar-refractivity contribution < 1.29 is 27.4 Å². The van der Waals surface area contributed by atoms with E-state index in [1.807, 2.05) is 13.8 Å². The summed E-state index contributed by atoms with van der Waals surface area (Å²) in [7, 11) is 0. The smallest absolute Gasteiger partial charge is 0.475 e. The van der Waals surface area contributed by atoms with Crippen LogP contribution in [0.3, 0.4) is 0 Å². The van der Waals surface area contributed by atoms with Crippen LogP contribution in [0.1, 0.15) is 35.3 Å². The SMILES string of the molecule is CSc1cc(OC(F)(F)F)ccc1C(=O)c1ccccc1C1=NC(C)(C)CO1. The van der Waals surface area contributed by atoms with E-state index >= 15 is 0 Å². The van der Waals surface area contributed by atoms with Crippen molar-refractivity contribution in [2.24, 2.45) is 4.99 Å². The minimum atomic E-state index is -4.79. The first kappa shape index (κ1) is 20.3. The fourth-order valence-corrected chi connectivity index (χ4v) is 3.41. The molecule has 1 aliphatic rings.